The SMILES string of the molecule is BrCC1(CSc2nnc3n2CCCCC3)CCC1. The maximum atomic E-state index is 4.40. The van der Waals surface area contributed by atoms with Crippen LogP contribution in [0.15, 0.2) is 5.16 Å². The molecule has 0 amide bonds. The number of alkyl halides is 1. The molecule has 0 aromatic carbocycles. The lowest BCUT2D eigenvalue weighted by atomic mass is 9.72. The molecular formula is C13H20BrN3S. The van der Waals surface area contributed by atoms with Gasteiger partial charge in [0.25, 0.3) is 0 Å². The first-order valence-corrected chi connectivity index (χ1v) is 9.05. The Hall–Kier alpha value is -0.0300. The first kappa shape index (κ1) is 13.0. The Morgan fingerprint density at radius 1 is 1.17 bits per heavy atom. The van der Waals surface area contributed by atoms with Gasteiger partial charge in [-0.2, -0.15) is 0 Å². The largest absolute Gasteiger partial charge is 0.306 e. The van der Waals surface area contributed by atoms with Crippen molar-refractivity contribution in [2.24, 2.45) is 5.41 Å². The minimum atomic E-state index is 0.530. The van der Waals surface area contributed by atoms with E-state index in [0.29, 0.717) is 5.41 Å². The number of aryl methyl sites for hydroxylation is 1. The Balaban J connectivity index is 1.67. The van der Waals surface area contributed by atoms with Gasteiger partial charge in [-0.25, -0.2) is 0 Å². The summed E-state index contributed by atoms with van der Waals surface area (Å²) in [5.41, 5.74) is 0.530. The molecule has 3 rings (SSSR count). The average molecular weight is 330 g/mol. The Bertz CT molecular complexity index is 409. The highest BCUT2D eigenvalue weighted by Gasteiger charge is 2.36. The summed E-state index contributed by atoms with van der Waals surface area (Å²) < 4.78 is 2.36. The molecule has 0 unspecified atom stereocenters. The lowest BCUT2D eigenvalue weighted by Crippen LogP contribution is -2.33. The lowest BCUT2D eigenvalue weighted by molar-refractivity contribution is 0.206. The van der Waals surface area contributed by atoms with E-state index in [1.165, 1.54) is 50.1 Å². The van der Waals surface area contributed by atoms with E-state index in [9.17, 15) is 0 Å². The molecular weight excluding hydrogens is 310 g/mol. The van der Waals surface area contributed by atoms with Crippen molar-refractivity contribution in [3.63, 3.8) is 0 Å². The van der Waals surface area contributed by atoms with Gasteiger partial charge in [0.05, 0.1) is 0 Å². The molecule has 1 aromatic heterocycles. The van der Waals surface area contributed by atoms with Crippen LogP contribution in [0.4, 0.5) is 0 Å². The van der Waals surface area contributed by atoms with Gasteiger partial charge in [-0.3, -0.25) is 0 Å². The van der Waals surface area contributed by atoms with Gasteiger partial charge in [0.15, 0.2) is 5.16 Å². The van der Waals surface area contributed by atoms with E-state index in [1.807, 2.05) is 11.8 Å². The number of hydrogen-bond donors (Lipinski definition) is 0. The second-order valence-electron chi connectivity index (χ2n) is 5.64. The van der Waals surface area contributed by atoms with E-state index >= 15 is 0 Å². The number of thioether (sulfide) groups is 1. The third-order valence-corrected chi connectivity index (χ3v) is 6.79. The number of hydrogen-bond acceptors (Lipinski definition) is 3. The standard InChI is InChI=1S/C13H20BrN3S/c14-9-13(6-4-7-13)10-18-12-16-15-11-5-2-1-3-8-17(11)12/h1-10H2. The summed E-state index contributed by atoms with van der Waals surface area (Å²) in [6, 6.07) is 0. The van der Waals surface area contributed by atoms with Crippen molar-refractivity contribution >= 4 is 27.7 Å². The molecule has 1 aliphatic carbocycles. The first-order chi connectivity index (χ1) is 8.83. The van der Waals surface area contributed by atoms with Crippen LogP contribution in [-0.4, -0.2) is 25.8 Å². The number of rotatable bonds is 4. The molecule has 5 heteroatoms. The predicted molar refractivity (Wildman–Crippen MR) is 78.4 cm³/mol. The predicted octanol–water partition coefficient (Wildman–Crippen LogP) is 3.66. The van der Waals surface area contributed by atoms with Crippen molar-refractivity contribution in [3.8, 4) is 0 Å². The number of halogens is 1. The first-order valence-electron chi connectivity index (χ1n) is 6.94. The summed E-state index contributed by atoms with van der Waals surface area (Å²) in [6.07, 6.45) is 9.12. The summed E-state index contributed by atoms with van der Waals surface area (Å²) in [7, 11) is 0. The van der Waals surface area contributed by atoms with Gasteiger partial charge in [0, 0.05) is 24.0 Å². The Labute approximate surface area is 121 Å². The van der Waals surface area contributed by atoms with E-state index < -0.39 is 0 Å². The van der Waals surface area contributed by atoms with Crippen molar-refractivity contribution < 1.29 is 0 Å². The minimum absolute atomic E-state index is 0.530. The maximum absolute atomic E-state index is 4.40. The molecule has 3 nitrogen and oxygen atoms in total. The normalized spacial score (nSPS) is 22.1. The topological polar surface area (TPSA) is 30.7 Å². The second-order valence-corrected chi connectivity index (χ2v) is 7.14. The van der Waals surface area contributed by atoms with Gasteiger partial charge >= 0.3 is 0 Å². The van der Waals surface area contributed by atoms with Crippen LogP contribution in [0.5, 0.6) is 0 Å². The fourth-order valence-corrected chi connectivity index (χ4v) is 5.07. The van der Waals surface area contributed by atoms with E-state index in [-0.39, 0.29) is 0 Å². The molecule has 1 aliphatic heterocycles. The van der Waals surface area contributed by atoms with Crippen LogP contribution in [-0.2, 0) is 13.0 Å². The summed E-state index contributed by atoms with van der Waals surface area (Å²) in [5, 5.41) is 11.0. The molecule has 18 heavy (non-hydrogen) atoms. The zero-order chi connectivity index (χ0) is 12.4. The van der Waals surface area contributed by atoms with Crippen LogP contribution in [0.1, 0.15) is 44.3 Å². The number of fused-ring (bicyclic) bond motifs is 1. The summed E-state index contributed by atoms with van der Waals surface area (Å²) in [5.74, 6) is 2.40. The molecule has 1 aromatic rings. The molecule has 0 N–H and O–H groups in total. The van der Waals surface area contributed by atoms with Crippen LogP contribution in [0.25, 0.3) is 0 Å². The third kappa shape index (κ3) is 2.48. The van der Waals surface area contributed by atoms with Crippen molar-refractivity contribution in [3.05, 3.63) is 5.82 Å². The highest BCUT2D eigenvalue weighted by Crippen LogP contribution is 2.45. The molecule has 100 valence electrons. The molecule has 0 radical (unpaired) electrons. The van der Waals surface area contributed by atoms with Crippen molar-refractivity contribution in [1.82, 2.24) is 14.8 Å². The van der Waals surface area contributed by atoms with E-state index in [2.05, 4.69) is 30.7 Å². The van der Waals surface area contributed by atoms with Gasteiger partial charge in [-0.1, -0.05) is 40.5 Å². The van der Waals surface area contributed by atoms with Gasteiger partial charge < -0.3 is 4.57 Å². The van der Waals surface area contributed by atoms with E-state index in [1.54, 1.807) is 0 Å². The number of aromatic nitrogens is 3. The zero-order valence-corrected chi connectivity index (χ0v) is 13.1. The van der Waals surface area contributed by atoms with Gasteiger partial charge in [-0.05, 0) is 31.1 Å². The molecule has 2 heterocycles. The van der Waals surface area contributed by atoms with E-state index in [0.717, 1.165) is 23.5 Å². The van der Waals surface area contributed by atoms with Crippen molar-refractivity contribution in [2.45, 2.75) is 56.6 Å². The lowest BCUT2D eigenvalue weighted by Gasteiger charge is -2.40. The third-order valence-electron chi connectivity index (χ3n) is 4.28. The van der Waals surface area contributed by atoms with Gasteiger partial charge in [-0.15, -0.1) is 10.2 Å². The number of nitrogens with zero attached hydrogens (tertiary/aromatic N) is 3. The Kier molecular flexibility index (Phi) is 3.99. The van der Waals surface area contributed by atoms with Crippen LogP contribution < -0.4 is 0 Å². The molecule has 0 spiro atoms. The minimum Gasteiger partial charge on any atom is -0.306 e. The van der Waals surface area contributed by atoms with Crippen LogP contribution >= 0.6 is 27.7 Å². The summed E-state index contributed by atoms with van der Waals surface area (Å²) in [6.45, 7) is 1.12. The fourth-order valence-electron chi connectivity index (χ4n) is 2.78. The Morgan fingerprint density at radius 3 is 2.78 bits per heavy atom. The molecule has 0 atom stereocenters. The smallest absolute Gasteiger partial charge is 0.191 e. The quantitative estimate of drug-likeness (QED) is 0.623. The molecule has 1 saturated carbocycles. The van der Waals surface area contributed by atoms with Crippen molar-refractivity contribution in [2.75, 3.05) is 11.1 Å². The fraction of sp³-hybridized carbons (Fsp3) is 0.846. The Morgan fingerprint density at radius 2 is 2.06 bits per heavy atom. The van der Waals surface area contributed by atoms with Crippen LogP contribution in [0.2, 0.25) is 0 Å². The zero-order valence-electron chi connectivity index (χ0n) is 10.7. The highest BCUT2D eigenvalue weighted by atomic mass is 79.9. The van der Waals surface area contributed by atoms with E-state index in [4.69, 9.17) is 0 Å². The summed E-state index contributed by atoms with van der Waals surface area (Å²) in [4.78, 5) is 0. The monoisotopic (exact) mass is 329 g/mol. The molecule has 1 fully saturated rings. The van der Waals surface area contributed by atoms with Crippen molar-refractivity contribution in [1.29, 1.82) is 0 Å². The van der Waals surface area contributed by atoms with Crippen LogP contribution in [0, 0.1) is 5.41 Å². The molecule has 0 saturated heterocycles. The molecule has 2 aliphatic rings. The second kappa shape index (κ2) is 5.53. The summed E-state index contributed by atoms with van der Waals surface area (Å²) >= 11 is 5.60. The average Bonchev–Trinajstić information content (AvgIpc) is 2.58. The van der Waals surface area contributed by atoms with Gasteiger partial charge in [0.2, 0.25) is 0 Å². The highest BCUT2D eigenvalue weighted by molar-refractivity contribution is 9.09. The van der Waals surface area contributed by atoms with Crippen LogP contribution in [0.3, 0.4) is 0 Å². The van der Waals surface area contributed by atoms with Gasteiger partial charge in [0.1, 0.15) is 5.82 Å². The maximum Gasteiger partial charge on any atom is 0.191 e. The molecule has 0 bridgehead atoms.